The number of anilines is 1. The van der Waals surface area contributed by atoms with E-state index in [0.29, 0.717) is 0 Å². The summed E-state index contributed by atoms with van der Waals surface area (Å²) in [5.74, 6) is 0. The first-order valence-electron chi connectivity index (χ1n) is 3.45. The summed E-state index contributed by atoms with van der Waals surface area (Å²) in [4.78, 5) is 4.00. The summed E-state index contributed by atoms with van der Waals surface area (Å²) >= 11 is 0. The molecule has 0 aliphatic carbocycles. The molecule has 0 aliphatic rings. The van der Waals surface area contributed by atoms with Crippen molar-refractivity contribution in [1.29, 1.82) is 0 Å². The average molecular weight is 263 g/mol. The Balaban J connectivity index is 0.000000720. The van der Waals surface area contributed by atoms with E-state index in [4.69, 9.17) is 5.73 Å². The van der Waals surface area contributed by atoms with Gasteiger partial charge < -0.3 is 5.73 Å². The molecule has 1 aromatic heterocycles. The van der Waals surface area contributed by atoms with Gasteiger partial charge in [0.15, 0.2) is 0 Å². The van der Waals surface area contributed by atoms with Crippen molar-refractivity contribution in [2.45, 2.75) is 0 Å². The first-order chi connectivity index (χ1) is 5.36. The minimum absolute atomic E-state index is 0. The zero-order valence-electron chi connectivity index (χ0n) is 6.49. The molecule has 4 radical (unpaired) electrons. The standard InChI is InChI=1S/C9H8N2.Sn/c10-9-2-1-8-6-11-4-3-7(8)5-9;/h1-6H,10H2;. The predicted octanol–water partition coefficient (Wildman–Crippen LogP) is 1.44. The van der Waals surface area contributed by atoms with Crippen LogP contribution in [0.2, 0.25) is 0 Å². The molecule has 58 valence electrons. The SMILES string of the molecule is Nc1ccc2cnccc2c1.[Sn]. The Kier molecular flexibility index (Phi) is 2.92. The summed E-state index contributed by atoms with van der Waals surface area (Å²) in [5, 5.41) is 2.27. The molecular weight excluding hydrogens is 255 g/mol. The second kappa shape index (κ2) is 3.76. The summed E-state index contributed by atoms with van der Waals surface area (Å²) in [6, 6.07) is 7.74. The first kappa shape index (κ1) is 9.32. The molecule has 0 atom stereocenters. The van der Waals surface area contributed by atoms with E-state index in [1.54, 1.807) is 6.20 Å². The van der Waals surface area contributed by atoms with Crippen molar-refractivity contribution >= 4 is 40.4 Å². The second-order valence-electron chi connectivity index (χ2n) is 2.48. The van der Waals surface area contributed by atoms with Crippen LogP contribution in [0.15, 0.2) is 36.7 Å². The molecule has 0 unspecified atom stereocenters. The number of fused-ring (bicyclic) bond motifs is 1. The predicted molar refractivity (Wildman–Crippen MR) is 51.9 cm³/mol. The Labute approximate surface area is 87.8 Å². The van der Waals surface area contributed by atoms with E-state index in [-0.39, 0.29) is 23.9 Å². The fourth-order valence-corrected chi connectivity index (χ4v) is 1.10. The number of nitrogen functional groups attached to an aromatic ring is 1. The molecule has 0 spiro atoms. The van der Waals surface area contributed by atoms with E-state index in [2.05, 4.69) is 4.98 Å². The van der Waals surface area contributed by atoms with E-state index in [0.717, 1.165) is 16.5 Å². The number of pyridine rings is 1. The van der Waals surface area contributed by atoms with Crippen LogP contribution in [-0.4, -0.2) is 28.9 Å². The van der Waals surface area contributed by atoms with Crippen LogP contribution in [-0.2, 0) is 0 Å². The maximum Gasteiger partial charge on any atom is 0.0346 e. The Morgan fingerprint density at radius 2 is 1.92 bits per heavy atom. The van der Waals surface area contributed by atoms with Gasteiger partial charge in [-0.3, -0.25) is 4.98 Å². The molecule has 0 bridgehead atoms. The van der Waals surface area contributed by atoms with Crippen LogP contribution in [0.1, 0.15) is 0 Å². The third-order valence-electron chi connectivity index (χ3n) is 1.66. The van der Waals surface area contributed by atoms with Gasteiger partial charge >= 0.3 is 0 Å². The monoisotopic (exact) mass is 264 g/mol. The van der Waals surface area contributed by atoms with E-state index in [1.807, 2.05) is 30.5 Å². The third-order valence-corrected chi connectivity index (χ3v) is 1.66. The number of hydrogen-bond acceptors (Lipinski definition) is 2. The number of benzene rings is 1. The molecule has 0 aliphatic heterocycles. The van der Waals surface area contributed by atoms with Crippen molar-refractivity contribution in [2.75, 3.05) is 5.73 Å². The van der Waals surface area contributed by atoms with Gasteiger partial charge in [-0.1, -0.05) is 6.07 Å². The number of hydrogen-bond donors (Lipinski definition) is 1. The van der Waals surface area contributed by atoms with Crippen molar-refractivity contribution in [1.82, 2.24) is 4.98 Å². The summed E-state index contributed by atoms with van der Waals surface area (Å²) in [6.07, 6.45) is 3.59. The number of rotatable bonds is 0. The minimum Gasteiger partial charge on any atom is -0.399 e. The fourth-order valence-electron chi connectivity index (χ4n) is 1.10. The van der Waals surface area contributed by atoms with E-state index in [1.165, 1.54) is 0 Å². The van der Waals surface area contributed by atoms with Crippen LogP contribution >= 0.6 is 0 Å². The number of aromatic nitrogens is 1. The van der Waals surface area contributed by atoms with Gasteiger partial charge in [0.1, 0.15) is 0 Å². The van der Waals surface area contributed by atoms with Crippen LogP contribution < -0.4 is 5.73 Å². The first-order valence-corrected chi connectivity index (χ1v) is 3.45. The molecule has 0 saturated heterocycles. The van der Waals surface area contributed by atoms with Gasteiger partial charge in [-0.05, 0) is 23.6 Å². The van der Waals surface area contributed by atoms with Crippen LogP contribution in [0, 0.1) is 0 Å². The second-order valence-corrected chi connectivity index (χ2v) is 2.48. The van der Waals surface area contributed by atoms with Crippen LogP contribution in [0.5, 0.6) is 0 Å². The molecule has 0 saturated carbocycles. The molecule has 3 heteroatoms. The van der Waals surface area contributed by atoms with Crippen molar-refractivity contribution in [3.63, 3.8) is 0 Å². The van der Waals surface area contributed by atoms with Crippen molar-refractivity contribution < 1.29 is 0 Å². The Morgan fingerprint density at radius 3 is 2.75 bits per heavy atom. The largest absolute Gasteiger partial charge is 0.399 e. The average Bonchev–Trinajstić information content (AvgIpc) is 2.04. The van der Waals surface area contributed by atoms with Crippen molar-refractivity contribution in [2.24, 2.45) is 0 Å². The number of nitrogens with zero attached hydrogens (tertiary/aromatic N) is 1. The molecule has 2 nitrogen and oxygen atoms in total. The quantitative estimate of drug-likeness (QED) is 0.576. The molecule has 2 rings (SSSR count). The summed E-state index contributed by atoms with van der Waals surface area (Å²) in [5.41, 5.74) is 6.40. The Bertz CT molecular complexity index is 387. The maximum atomic E-state index is 5.60. The maximum absolute atomic E-state index is 5.60. The molecule has 1 heterocycles. The molecule has 12 heavy (non-hydrogen) atoms. The van der Waals surface area contributed by atoms with Crippen molar-refractivity contribution in [3.8, 4) is 0 Å². The zero-order valence-corrected chi connectivity index (χ0v) is 9.34. The van der Waals surface area contributed by atoms with Crippen LogP contribution in [0.4, 0.5) is 5.69 Å². The van der Waals surface area contributed by atoms with Gasteiger partial charge in [-0.25, -0.2) is 0 Å². The van der Waals surface area contributed by atoms with Gasteiger partial charge in [0.2, 0.25) is 0 Å². The normalized spacial score (nSPS) is 9.33. The van der Waals surface area contributed by atoms with E-state index in [9.17, 15) is 0 Å². The van der Waals surface area contributed by atoms with Crippen LogP contribution in [0.25, 0.3) is 10.8 Å². The smallest absolute Gasteiger partial charge is 0.0346 e. The Hall–Kier alpha value is -0.771. The number of nitrogens with two attached hydrogens (primary N) is 1. The van der Waals surface area contributed by atoms with Gasteiger partial charge in [0.05, 0.1) is 0 Å². The van der Waals surface area contributed by atoms with Crippen molar-refractivity contribution in [3.05, 3.63) is 36.7 Å². The van der Waals surface area contributed by atoms with Gasteiger partial charge in [-0.15, -0.1) is 0 Å². The zero-order chi connectivity index (χ0) is 7.68. The van der Waals surface area contributed by atoms with Gasteiger partial charge in [0, 0.05) is 47.4 Å². The van der Waals surface area contributed by atoms with Gasteiger partial charge in [-0.2, -0.15) is 0 Å². The Morgan fingerprint density at radius 1 is 1.08 bits per heavy atom. The molecular formula is C9H8N2Sn. The molecule has 0 amide bonds. The van der Waals surface area contributed by atoms with Gasteiger partial charge in [0.25, 0.3) is 0 Å². The van der Waals surface area contributed by atoms with Crippen LogP contribution in [0.3, 0.4) is 0 Å². The molecule has 2 N–H and O–H groups in total. The topological polar surface area (TPSA) is 38.9 Å². The van der Waals surface area contributed by atoms with E-state index < -0.39 is 0 Å². The van der Waals surface area contributed by atoms with E-state index >= 15 is 0 Å². The molecule has 1 aromatic carbocycles. The molecule has 0 fully saturated rings. The fraction of sp³-hybridized carbons (Fsp3) is 0. The molecule has 2 aromatic rings. The summed E-state index contributed by atoms with van der Waals surface area (Å²) in [6.45, 7) is 0. The minimum atomic E-state index is 0. The summed E-state index contributed by atoms with van der Waals surface area (Å²) in [7, 11) is 0. The third kappa shape index (κ3) is 1.69. The summed E-state index contributed by atoms with van der Waals surface area (Å²) < 4.78 is 0.